The monoisotopic (exact) mass is 418 g/mol. The Bertz CT molecular complexity index is 1140. The summed E-state index contributed by atoms with van der Waals surface area (Å²) in [5.41, 5.74) is 8.93. The Morgan fingerprint density at radius 1 is 1.17 bits per heavy atom. The molecule has 1 aromatic carbocycles. The number of anilines is 2. The van der Waals surface area contributed by atoms with Crippen molar-refractivity contribution in [3.8, 4) is 6.07 Å². The summed E-state index contributed by atoms with van der Waals surface area (Å²) in [6, 6.07) is 13.2. The molecular formula is C22H19ClN6O. The number of nitriles is 1. The van der Waals surface area contributed by atoms with Crippen LogP contribution in [-0.2, 0) is 23.1 Å². The molecule has 1 aliphatic carbocycles. The summed E-state index contributed by atoms with van der Waals surface area (Å²) in [6.07, 6.45) is 5.96. The van der Waals surface area contributed by atoms with E-state index < -0.39 is 5.41 Å². The van der Waals surface area contributed by atoms with E-state index in [1.54, 1.807) is 24.5 Å². The SMILES string of the molecule is N#Cc1ccc(Nc2ncc(Cl)c(CCc3ccccc3C3(C(N)=O)CC3)n2)cn1. The van der Waals surface area contributed by atoms with Gasteiger partial charge in [-0.15, -0.1) is 0 Å². The molecule has 3 aromatic rings. The first kappa shape index (κ1) is 19.8. The summed E-state index contributed by atoms with van der Waals surface area (Å²) in [5.74, 6) is 0.127. The van der Waals surface area contributed by atoms with Gasteiger partial charge in [0.1, 0.15) is 11.8 Å². The maximum absolute atomic E-state index is 12.0. The summed E-state index contributed by atoms with van der Waals surface area (Å²) in [7, 11) is 0. The summed E-state index contributed by atoms with van der Waals surface area (Å²) in [6.45, 7) is 0. The number of nitrogens with zero attached hydrogens (tertiary/aromatic N) is 4. The number of primary amides is 1. The molecule has 2 heterocycles. The largest absolute Gasteiger partial charge is 0.369 e. The number of carbonyl (C=O) groups excluding carboxylic acids is 1. The van der Waals surface area contributed by atoms with Gasteiger partial charge in [0.2, 0.25) is 11.9 Å². The molecule has 150 valence electrons. The molecule has 7 nitrogen and oxygen atoms in total. The van der Waals surface area contributed by atoms with Crippen LogP contribution in [0, 0.1) is 11.3 Å². The third-order valence-electron chi connectivity index (χ3n) is 5.34. The number of nitrogens with two attached hydrogens (primary N) is 1. The second-order valence-electron chi connectivity index (χ2n) is 7.26. The molecule has 0 bridgehead atoms. The van der Waals surface area contributed by atoms with Crippen LogP contribution < -0.4 is 11.1 Å². The third kappa shape index (κ3) is 3.95. The topological polar surface area (TPSA) is 118 Å². The van der Waals surface area contributed by atoms with Crippen LogP contribution in [0.2, 0.25) is 5.02 Å². The molecule has 0 saturated heterocycles. The minimum atomic E-state index is -0.526. The van der Waals surface area contributed by atoms with Crippen molar-refractivity contribution in [1.29, 1.82) is 5.26 Å². The van der Waals surface area contributed by atoms with E-state index in [-0.39, 0.29) is 5.91 Å². The molecule has 0 aliphatic heterocycles. The maximum Gasteiger partial charge on any atom is 0.228 e. The summed E-state index contributed by atoms with van der Waals surface area (Å²) in [5, 5.41) is 12.4. The molecular weight excluding hydrogens is 400 g/mol. The highest BCUT2D eigenvalue weighted by Crippen LogP contribution is 2.49. The van der Waals surface area contributed by atoms with Gasteiger partial charge in [-0.1, -0.05) is 35.9 Å². The summed E-state index contributed by atoms with van der Waals surface area (Å²) >= 11 is 6.32. The number of aryl methyl sites for hydroxylation is 2. The Morgan fingerprint density at radius 2 is 1.97 bits per heavy atom. The van der Waals surface area contributed by atoms with E-state index >= 15 is 0 Å². The van der Waals surface area contributed by atoms with E-state index in [2.05, 4.69) is 20.3 Å². The average molecular weight is 419 g/mol. The number of benzene rings is 1. The van der Waals surface area contributed by atoms with Crippen molar-refractivity contribution in [2.24, 2.45) is 5.73 Å². The number of hydrogen-bond acceptors (Lipinski definition) is 6. The Morgan fingerprint density at radius 3 is 2.63 bits per heavy atom. The molecule has 0 spiro atoms. The maximum atomic E-state index is 12.0. The molecule has 1 saturated carbocycles. The van der Waals surface area contributed by atoms with Gasteiger partial charge in [0.15, 0.2) is 0 Å². The minimum absolute atomic E-state index is 0.266. The number of carbonyl (C=O) groups is 1. The summed E-state index contributed by atoms with van der Waals surface area (Å²) < 4.78 is 0. The number of aromatic nitrogens is 3. The quantitative estimate of drug-likeness (QED) is 0.606. The Labute approximate surface area is 179 Å². The highest BCUT2D eigenvalue weighted by molar-refractivity contribution is 6.31. The summed E-state index contributed by atoms with van der Waals surface area (Å²) in [4.78, 5) is 24.7. The fraction of sp³-hybridized carbons (Fsp3) is 0.227. The van der Waals surface area contributed by atoms with E-state index in [0.29, 0.717) is 40.9 Å². The van der Waals surface area contributed by atoms with E-state index in [1.807, 2.05) is 30.3 Å². The molecule has 0 atom stereocenters. The van der Waals surface area contributed by atoms with Crippen LogP contribution in [0.15, 0.2) is 48.8 Å². The standard InChI is InChI=1S/C22H19ClN6O/c23-18-13-27-21(28-16-7-6-15(11-24)26-12-16)29-19(18)8-5-14-3-1-2-4-17(14)22(9-10-22)20(25)30/h1-4,6-7,12-13H,5,8-10H2,(H2,25,30)(H,27,28,29). The van der Waals surface area contributed by atoms with Crippen LogP contribution in [-0.4, -0.2) is 20.9 Å². The van der Waals surface area contributed by atoms with Crippen molar-refractivity contribution < 1.29 is 4.79 Å². The van der Waals surface area contributed by atoms with Crippen molar-refractivity contribution in [2.75, 3.05) is 5.32 Å². The zero-order valence-electron chi connectivity index (χ0n) is 16.1. The van der Waals surface area contributed by atoms with Gasteiger partial charge in [-0.2, -0.15) is 5.26 Å². The molecule has 0 unspecified atom stereocenters. The number of hydrogen-bond donors (Lipinski definition) is 2. The van der Waals surface area contributed by atoms with Gasteiger partial charge >= 0.3 is 0 Å². The van der Waals surface area contributed by atoms with Gasteiger partial charge < -0.3 is 11.1 Å². The van der Waals surface area contributed by atoms with Crippen LogP contribution in [0.5, 0.6) is 0 Å². The van der Waals surface area contributed by atoms with E-state index in [4.69, 9.17) is 22.6 Å². The van der Waals surface area contributed by atoms with E-state index in [1.165, 1.54) is 0 Å². The lowest BCUT2D eigenvalue weighted by Crippen LogP contribution is -2.29. The lowest BCUT2D eigenvalue weighted by molar-refractivity contribution is -0.120. The fourth-order valence-corrected chi connectivity index (χ4v) is 3.72. The van der Waals surface area contributed by atoms with E-state index in [9.17, 15) is 4.79 Å². The predicted molar refractivity (Wildman–Crippen MR) is 113 cm³/mol. The Hall–Kier alpha value is -3.50. The van der Waals surface area contributed by atoms with Crippen LogP contribution >= 0.6 is 11.6 Å². The Balaban J connectivity index is 1.51. The van der Waals surface area contributed by atoms with Crippen molar-refractivity contribution in [1.82, 2.24) is 15.0 Å². The number of pyridine rings is 1. The molecule has 3 N–H and O–H groups in total. The first-order chi connectivity index (χ1) is 14.5. The predicted octanol–water partition coefficient (Wildman–Crippen LogP) is 3.44. The van der Waals surface area contributed by atoms with E-state index in [0.717, 1.165) is 24.0 Å². The van der Waals surface area contributed by atoms with Crippen LogP contribution in [0.3, 0.4) is 0 Å². The molecule has 1 aliphatic rings. The normalized spacial score (nSPS) is 14.0. The smallest absolute Gasteiger partial charge is 0.228 e. The van der Waals surface area contributed by atoms with Crippen molar-refractivity contribution in [2.45, 2.75) is 31.1 Å². The van der Waals surface area contributed by atoms with Gasteiger partial charge in [-0.3, -0.25) is 4.79 Å². The second-order valence-corrected chi connectivity index (χ2v) is 7.67. The molecule has 0 radical (unpaired) electrons. The third-order valence-corrected chi connectivity index (χ3v) is 5.65. The lowest BCUT2D eigenvalue weighted by atomic mass is 9.88. The highest BCUT2D eigenvalue weighted by Gasteiger charge is 2.50. The van der Waals surface area contributed by atoms with Crippen LogP contribution in [0.1, 0.15) is 35.4 Å². The molecule has 1 amide bonds. The number of nitrogens with one attached hydrogen (secondary N) is 1. The zero-order chi connectivity index (χ0) is 21.1. The van der Waals surface area contributed by atoms with Gasteiger partial charge in [0, 0.05) is 0 Å². The molecule has 30 heavy (non-hydrogen) atoms. The number of amides is 1. The molecule has 1 fully saturated rings. The second kappa shape index (κ2) is 8.09. The van der Waals surface area contributed by atoms with Crippen molar-refractivity contribution in [3.63, 3.8) is 0 Å². The zero-order valence-corrected chi connectivity index (χ0v) is 16.9. The van der Waals surface area contributed by atoms with Crippen molar-refractivity contribution >= 4 is 29.1 Å². The van der Waals surface area contributed by atoms with Crippen LogP contribution in [0.4, 0.5) is 11.6 Å². The molecule has 2 aromatic heterocycles. The lowest BCUT2D eigenvalue weighted by Gasteiger charge is -2.16. The van der Waals surface area contributed by atoms with Crippen LogP contribution in [0.25, 0.3) is 0 Å². The average Bonchev–Trinajstić information content (AvgIpc) is 3.57. The van der Waals surface area contributed by atoms with Gasteiger partial charge in [0.05, 0.1) is 34.2 Å². The van der Waals surface area contributed by atoms with Gasteiger partial charge in [-0.05, 0) is 48.9 Å². The molecule has 4 rings (SSSR count). The fourth-order valence-electron chi connectivity index (χ4n) is 3.53. The molecule has 8 heteroatoms. The van der Waals surface area contributed by atoms with Crippen molar-refractivity contribution in [3.05, 3.63) is 76.3 Å². The number of rotatable bonds is 7. The Kier molecular flexibility index (Phi) is 5.34. The highest BCUT2D eigenvalue weighted by atomic mass is 35.5. The van der Waals surface area contributed by atoms with Gasteiger partial charge in [-0.25, -0.2) is 15.0 Å². The minimum Gasteiger partial charge on any atom is -0.369 e. The number of halogens is 1. The first-order valence-electron chi connectivity index (χ1n) is 9.55. The van der Waals surface area contributed by atoms with Gasteiger partial charge in [0.25, 0.3) is 0 Å². The first-order valence-corrected chi connectivity index (χ1v) is 9.92.